The predicted octanol–water partition coefficient (Wildman–Crippen LogP) is -0.0904. The number of ether oxygens (including phenoxy) is 1. The molecule has 1 amide bonds. The third-order valence-corrected chi connectivity index (χ3v) is 6.42. The number of aromatic nitrogens is 1. The van der Waals surface area contributed by atoms with E-state index in [1.54, 1.807) is 37.3 Å². The molecule has 1 aliphatic rings. The van der Waals surface area contributed by atoms with E-state index in [1.165, 1.54) is 4.31 Å². The van der Waals surface area contributed by atoms with Gasteiger partial charge in [0.15, 0.2) is 12.4 Å². The van der Waals surface area contributed by atoms with Gasteiger partial charge in [0.25, 0.3) is 5.91 Å². The third-order valence-electron chi connectivity index (χ3n) is 4.51. The van der Waals surface area contributed by atoms with Crippen molar-refractivity contribution in [2.24, 2.45) is 0 Å². The van der Waals surface area contributed by atoms with E-state index in [-0.39, 0.29) is 17.3 Å². The second-order valence-electron chi connectivity index (χ2n) is 6.61. The van der Waals surface area contributed by atoms with Crippen LogP contribution in [0.25, 0.3) is 0 Å². The van der Waals surface area contributed by atoms with E-state index >= 15 is 0 Å². The number of rotatable bonds is 7. The standard InChI is InChI=1S/C18H24N4O5S/c1-3-26-15-4-6-16(7-5-15)28(24,25)22-10-8-21(9-11-22)13-18(23)19-17-12-14(2)27-20-17/h4-7,12H,3,8-11,13H2,1-2H3,(H,19,20,23)/p+1. The molecule has 152 valence electrons. The first-order valence-electron chi connectivity index (χ1n) is 9.18. The van der Waals surface area contributed by atoms with Gasteiger partial charge in [-0.3, -0.25) is 4.79 Å². The fourth-order valence-electron chi connectivity index (χ4n) is 3.08. The van der Waals surface area contributed by atoms with Gasteiger partial charge >= 0.3 is 0 Å². The zero-order valence-electron chi connectivity index (χ0n) is 16.0. The monoisotopic (exact) mass is 409 g/mol. The summed E-state index contributed by atoms with van der Waals surface area (Å²) in [5.74, 6) is 1.48. The molecule has 0 spiro atoms. The first-order chi connectivity index (χ1) is 13.4. The van der Waals surface area contributed by atoms with Gasteiger partial charge in [0.1, 0.15) is 11.5 Å². The molecule has 2 heterocycles. The molecular weight excluding hydrogens is 384 g/mol. The minimum Gasteiger partial charge on any atom is -0.494 e. The Balaban J connectivity index is 1.53. The lowest BCUT2D eigenvalue weighted by molar-refractivity contribution is -0.895. The van der Waals surface area contributed by atoms with Crippen LogP contribution in [-0.2, 0) is 14.8 Å². The van der Waals surface area contributed by atoms with E-state index in [1.807, 2.05) is 6.92 Å². The van der Waals surface area contributed by atoms with Gasteiger partial charge in [-0.1, -0.05) is 5.16 Å². The normalized spacial score (nSPS) is 16.1. The quantitative estimate of drug-likeness (QED) is 0.662. The van der Waals surface area contributed by atoms with Crippen molar-refractivity contribution in [3.05, 3.63) is 36.1 Å². The number of hydrogen-bond donors (Lipinski definition) is 2. The van der Waals surface area contributed by atoms with Crippen molar-refractivity contribution in [3.8, 4) is 5.75 Å². The van der Waals surface area contributed by atoms with Crippen LogP contribution < -0.4 is 15.0 Å². The van der Waals surface area contributed by atoms with Crippen LogP contribution >= 0.6 is 0 Å². The summed E-state index contributed by atoms with van der Waals surface area (Å²) in [6.45, 7) is 6.24. The van der Waals surface area contributed by atoms with Gasteiger partial charge in [-0.25, -0.2) is 8.42 Å². The SMILES string of the molecule is CCOc1ccc(S(=O)(=O)N2CC[NH+](CC(=O)Nc3cc(C)on3)CC2)cc1. The number of hydrogen-bond acceptors (Lipinski definition) is 6. The number of nitrogens with zero attached hydrogens (tertiary/aromatic N) is 2. The number of carbonyl (C=O) groups excluding carboxylic acids is 1. The molecule has 0 saturated carbocycles. The molecule has 0 unspecified atom stereocenters. The molecule has 1 saturated heterocycles. The van der Waals surface area contributed by atoms with Crippen LogP contribution in [0.5, 0.6) is 5.75 Å². The molecule has 0 atom stereocenters. The Labute approximate surface area is 164 Å². The number of benzene rings is 1. The molecule has 1 fully saturated rings. The number of carbonyl (C=O) groups is 1. The fourth-order valence-corrected chi connectivity index (χ4v) is 4.52. The van der Waals surface area contributed by atoms with E-state index < -0.39 is 10.0 Å². The molecule has 1 aliphatic heterocycles. The molecule has 1 aromatic heterocycles. The maximum Gasteiger partial charge on any atom is 0.280 e. The van der Waals surface area contributed by atoms with Gasteiger partial charge in [0.05, 0.1) is 37.7 Å². The molecule has 2 N–H and O–H groups in total. The Morgan fingerprint density at radius 2 is 1.96 bits per heavy atom. The minimum absolute atomic E-state index is 0.175. The van der Waals surface area contributed by atoms with Crippen LogP contribution in [0.2, 0.25) is 0 Å². The Morgan fingerprint density at radius 1 is 1.29 bits per heavy atom. The van der Waals surface area contributed by atoms with Gasteiger partial charge in [-0.2, -0.15) is 4.31 Å². The Morgan fingerprint density at radius 3 is 2.54 bits per heavy atom. The molecule has 0 aliphatic carbocycles. The van der Waals surface area contributed by atoms with E-state index in [9.17, 15) is 13.2 Å². The lowest BCUT2D eigenvalue weighted by atomic mass is 10.3. The number of piperazine rings is 1. The summed E-state index contributed by atoms with van der Waals surface area (Å²) in [6, 6.07) is 8.09. The van der Waals surface area contributed by atoms with Crippen molar-refractivity contribution in [1.82, 2.24) is 9.46 Å². The third kappa shape index (κ3) is 4.89. The van der Waals surface area contributed by atoms with Crippen molar-refractivity contribution in [2.45, 2.75) is 18.7 Å². The number of quaternary nitrogens is 1. The molecule has 28 heavy (non-hydrogen) atoms. The smallest absolute Gasteiger partial charge is 0.280 e. The molecule has 3 rings (SSSR count). The summed E-state index contributed by atoms with van der Waals surface area (Å²) in [6.07, 6.45) is 0. The van der Waals surface area contributed by atoms with Gasteiger partial charge in [0, 0.05) is 6.07 Å². The molecule has 1 aromatic carbocycles. The molecule has 0 radical (unpaired) electrons. The highest BCUT2D eigenvalue weighted by Crippen LogP contribution is 2.19. The van der Waals surface area contributed by atoms with Crippen molar-refractivity contribution >= 4 is 21.7 Å². The number of amides is 1. The summed E-state index contributed by atoms with van der Waals surface area (Å²) in [4.78, 5) is 13.4. The van der Waals surface area contributed by atoms with Gasteiger partial charge in [-0.05, 0) is 38.1 Å². The summed E-state index contributed by atoms with van der Waals surface area (Å²) in [7, 11) is -3.55. The van der Waals surface area contributed by atoms with Crippen LogP contribution in [-0.4, -0.2) is 63.1 Å². The van der Waals surface area contributed by atoms with Crippen molar-refractivity contribution < 1.29 is 27.4 Å². The van der Waals surface area contributed by atoms with Crippen molar-refractivity contribution in [2.75, 3.05) is 44.6 Å². The Hall–Kier alpha value is -2.43. The van der Waals surface area contributed by atoms with Crippen LogP contribution in [0.3, 0.4) is 0 Å². The first-order valence-corrected chi connectivity index (χ1v) is 10.6. The number of anilines is 1. The lowest BCUT2D eigenvalue weighted by Crippen LogP contribution is -3.15. The van der Waals surface area contributed by atoms with E-state index in [0.717, 1.165) is 4.90 Å². The number of nitrogens with one attached hydrogen (secondary N) is 2. The van der Waals surface area contributed by atoms with E-state index in [4.69, 9.17) is 9.26 Å². The minimum atomic E-state index is -3.55. The van der Waals surface area contributed by atoms with Gasteiger partial charge in [0.2, 0.25) is 10.0 Å². The molecule has 10 heteroatoms. The first kappa shape index (κ1) is 20.3. The second-order valence-corrected chi connectivity index (χ2v) is 8.54. The molecule has 0 bridgehead atoms. The predicted molar refractivity (Wildman–Crippen MR) is 102 cm³/mol. The van der Waals surface area contributed by atoms with E-state index in [0.29, 0.717) is 50.1 Å². The van der Waals surface area contributed by atoms with Crippen LogP contribution in [0.15, 0.2) is 39.8 Å². The molecule has 2 aromatic rings. The topological polar surface area (TPSA) is 106 Å². The Kier molecular flexibility index (Phi) is 6.32. The Bertz CT molecular complexity index is 902. The fraction of sp³-hybridized carbons (Fsp3) is 0.444. The van der Waals surface area contributed by atoms with Crippen LogP contribution in [0, 0.1) is 6.92 Å². The van der Waals surface area contributed by atoms with E-state index in [2.05, 4.69) is 10.5 Å². The maximum atomic E-state index is 12.8. The molecular formula is C18H25N4O5S+. The summed E-state index contributed by atoms with van der Waals surface area (Å²) < 4.78 is 37.3. The highest BCUT2D eigenvalue weighted by molar-refractivity contribution is 7.89. The average Bonchev–Trinajstić information content (AvgIpc) is 3.07. The van der Waals surface area contributed by atoms with Crippen LogP contribution in [0.1, 0.15) is 12.7 Å². The highest BCUT2D eigenvalue weighted by Gasteiger charge is 2.31. The van der Waals surface area contributed by atoms with Crippen molar-refractivity contribution in [1.29, 1.82) is 0 Å². The summed E-state index contributed by atoms with van der Waals surface area (Å²) in [5.41, 5.74) is 0. The second kappa shape index (κ2) is 8.72. The maximum absolute atomic E-state index is 12.8. The van der Waals surface area contributed by atoms with Crippen LogP contribution in [0.4, 0.5) is 5.82 Å². The molecule has 9 nitrogen and oxygen atoms in total. The average molecular weight is 409 g/mol. The zero-order valence-corrected chi connectivity index (χ0v) is 16.8. The summed E-state index contributed by atoms with van der Waals surface area (Å²) in [5, 5.41) is 6.42. The highest BCUT2D eigenvalue weighted by atomic mass is 32.2. The summed E-state index contributed by atoms with van der Waals surface area (Å²) >= 11 is 0. The largest absolute Gasteiger partial charge is 0.494 e. The van der Waals surface area contributed by atoms with Crippen molar-refractivity contribution in [3.63, 3.8) is 0 Å². The number of sulfonamides is 1. The number of aryl methyl sites for hydroxylation is 1. The van der Waals surface area contributed by atoms with Gasteiger partial charge in [-0.15, -0.1) is 0 Å². The zero-order chi connectivity index (χ0) is 20.1. The van der Waals surface area contributed by atoms with Gasteiger partial charge < -0.3 is 19.5 Å². The lowest BCUT2D eigenvalue weighted by Gasteiger charge is -2.31.